The van der Waals surface area contributed by atoms with Gasteiger partial charge in [-0.2, -0.15) is 0 Å². The fourth-order valence-corrected chi connectivity index (χ4v) is 1.92. The van der Waals surface area contributed by atoms with Crippen LogP contribution in [0.1, 0.15) is 53.5 Å². The lowest BCUT2D eigenvalue weighted by molar-refractivity contribution is -0.117. The van der Waals surface area contributed by atoms with Gasteiger partial charge in [-0.1, -0.05) is 53.7 Å². The summed E-state index contributed by atoms with van der Waals surface area (Å²) in [5.74, 6) is 0.413. The van der Waals surface area contributed by atoms with Crippen molar-refractivity contribution in [3.05, 3.63) is 29.8 Å². The molecule has 0 aliphatic heterocycles. The Morgan fingerprint density at radius 1 is 1.14 bits per heavy atom. The number of anilines is 1. The van der Waals surface area contributed by atoms with Crippen LogP contribution >= 0.6 is 0 Å². The molecule has 1 aromatic rings. The molecule has 1 rings (SSSR count). The Bertz CT molecular complexity index is 469. The summed E-state index contributed by atoms with van der Waals surface area (Å²) >= 11 is 0. The summed E-state index contributed by atoms with van der Waals surface area (Å²) in [5.41, 5.74) is 7.92. The Morgan fingerprint density at radius 2 is 1.67 bits per heavy atom. The molecule has 21 heavy (non-hydrogen) atoms. The average Bonchev–Trinajstić information content (AvgIpc) is 2.38. The minimum absolute atomic E-state index is 0.0384. The number of carbonyl (C=O) groups excluding carboxylic acids is 1. The first-order valence-corrected chi connectivity index (χ1v) is 7.67. The summed E-state index contributed by atoms with van der Waals surface area (Å²) in [5, 5.41) is 2.97. The third kappa shape index (κ3) is 5.16. The second kappa shape index (κ2) is 6.61. The Balaban J connectivity index is 2.66. The number of hydrogen-bond acceptors (Lipinski definition) is 2. The van der Waals surface area contributed by atoms with E-state index in [1.54, 1.807) is 0 Å². The monoisotopic (exact) mass is 290 g/mol. The van der Waals surface area contributed by atoms with E-state index in [1.807, 2.05) is 24.3 Å². The molecule has 0 saturated carbocycles. The van der Waals surface area contributed by atoms with Gasteiger partial charge in [0.25, 0.3) is 0 Å². The summed E-state index contributed by atoms with van der Waals surface area (Å²) < 4.78 is 0. The Hall–Kier alpha value is -1.35. The SMILES string of the molecule is CC(CC(=O)Nc1ccc(C(C)(C)CN)cc1)C(C)(C)C. The van der Waals surface area contributed by atoms with Gasteiger partial charge in [0.05, 0.1) is 0 Å². The molecule has 1 aromatic carbocycles. The number of hydrogen-bond donors (Lipinski definition) is 2. The highest BCUT2D eigenvalue weighted by molar-refractivity contribution is 5.90. The molecule has 1 amide bonds. The van der Waals surface area contributed by atoms with Crippen LogP contribution < -0.4 is 11.1 Å². The third-order valence-electron chi connectivity index (χ3n) is 4.43. The van der Waals surface area contributed by atoms with E-state index in [2.05, 4.69) is 46.9 Å². The van der Waals surface area contributed by atoms with Crippen LogP contribution in [0.15, 0.2) is 24.3 Å². The fraction of sp³-hybridized carbons (Fsp3) is 0.611. The van der Waals surface area contributed by atoms with E-state index in [1.165, 1.54) is 5.56 Å². The van der Waals surface area contributed by atoms with Crippen molar-refractivity contribution in [2.75, 3.05) is 11.9 Å². The van der Waals surface area contributed by atoms with Crippen molar-refractivity contribution < 1.29 is 4.79 Å². The number of nitrogens with two attached hydrogens (primary N) is 1. The quantitative estimate of drug-likeness (QED) is 0.863. The van der Waals surface area contributed by atoms with Crippen molar-refractivity contribution in [2.45, 2.75) is 53.4 Å². The van der Waals surface area contributed by atoms with Crippen LogP contribution in [0, 0.1) is 11.3 Å². The molecule has 1 unspecified atom stereocenters. The predicted molar refractivity (Wildman–Crippen MR) is 90.4 cm³/mol. The van der Waals surface area contributed by atoms with Crippen molar-refractivity contribution in [1.29, 1.82) is 0 Å². The molecule has 0 radical (unpaired) electrons. The lowest BCUT2D eigenvalue weighted by Crippen LogP contribution is -2.28. The maximum absolute atomic E-state index is 12.1. The van der Waals surface area contributed by atoms with Crippen molar-refractivity contribution in [3.63, 3.8) is 0 Å². The normalized spacial score (nSPS) is 13.9. The third-order valence-corrected chi connectivity index (χ3v) is 4.43. The zero-order chi connectivity index (χ0) is 16.3. The van der Waals surface area contributed by atoms with E-state index in [-0.39, 0.29) is 16.7 Å². The molecule has 0 spiro atoms. The molecule has 3 nitrogen and oxygen atoms in total. The minimum Gasteiger partial charge on any atom is -0.330 e. The highest BCUT2D eigenvalue weighted by Crippen LogP contribution is 2.28. The predicted octanol–water partition coefficient (Wildman–Crippen LogP) is 3.93. The molecule has 0 fully saturated rings. The van der Waals surface area contributed by atoms with E-state index >= 15 is 0 Å². The van der Waals surface area contributed by atoms with Crippen molar-refractivity contribution >= 4 is 11.6 Å². The summed E-state index contributed by atoms with van der Waals surface area (Å²) in [7, 11) is 0. The van der Waals surface area contributed by atoms with Gasteiger partial charge in [-0.05, 0) is 29.0 Å². The van der Waals surface area contributed by atoms with Gasteiger partial charge in [0.1, 0.15) is 0 Å². The number of amides is 1. The van der Waals surface area contributed by atoms with Crippen LogP contribution in [0.25, 0.3) is 0 Å². The summed E-state index contributed by atoms with van der Waals surface area (Å²) in [4.78, 5) is 12.1. The topological polar surface area (TPSA) is 55.1 Å². The van der Waals surface area contributed by atoms with Crippen LogP contribution in [0.3, 0.4) is 0 Å². The zero-order valence-corrected chi connectivity index (χ0v) is 14.3. The summed E-state index contributed by atoms with van der Waals surface area (Å²) in [6, 6.07) is 7.98. The van der Waals surface area contributed by atoms with Crippen LogP contribution in [0.5, 0.6) is 0 Å². The van der Waals surface area contributed by atoms with E-state index in [0.29, 0.717) is 18.9 Å². The molecule has 0 heterocycles. The zero-order valence-electron chi connectivity index (χ0n) is 14.3. The number of rotatable bonds is 5. The molecule has 3 N–H and O–H groups in total. The molecule has 0 aliphatic carbocycles. The Morgan fingerprint density at radius 3 is 2.10 bits per heavy atom. The number of nitrogens with one attached hydrogen (secondary N) is 1. The molecule has 0 saturated heterocycles. The first-order chi connectivity index (χ1) is 9.56. The van der Waals surface area contributed by atoms with Crippen LogP contribution in [0.2, 0.25) is 0 Å². The van der Waals surface area contributed by atoms with Gasteiger partial charge in [0, 0.05) is 24.1 Å². The molecule has 0 bridgehead atoms. The van der Waals surface area contributed by atoms with Gasteiger partial charge in [-0.3, -0.25) is 4.79 Å². The average molecular weight is 290 g/mol. The molecule has 0 aliphatic rings. The van der Waals surface area contributed by atoms with Gasteiger partial charge in [0.15, 0.2) is 0 Å². The van der Waals surface area contributed by atoms with Crippen molar-refractivity contribution in [2.24, 2.45) is 17.1 Å². The highest BCUT2D eigenvalue weighted by atomic mass is 16.1. The van der Waals surface area contributed by atoms with E-state index in [0.717, 1.165) is 5.69 Å². The molecular formula is C18H30N2O. The molecular weight excluding hydrogens is 260 g/mol. The second-order valence-corrected chi connectivity index (χ2v) is 7.68. The van der Waals surface area contributed by atoms with Gasteiger partial charge in [-0.15, -0.1) is 0 Å². The fourth-order valence-electron chi connectivity index (χ4n) is 1.92. The van der Waals surface area contributed by atoms with E-state index in [4.69, 9.17) is 5.73 Å². The van der Waals surface area contributed by atoms with Gasteiger partial charge >= 0.3 is 0 Å². The smallest absolute Gasteiger partial charge is 0.224 e. The van der Waals surface area contributed by atoms with Gasteiger partial charge in [0.2, 0.25) is 5.91 Å². The second-order valence-electron chi connectivity index (χ2n) is 7.68. The summed E-state index contributed by atoms with van der Waals surface area (Å²) in [6.07, 6.45) is 0.541. The highest BCUT2D eigenvalue weighted by Gasteiger charge is 2.23. The van der Waals surface area contributed by atoms with E-state index < -0.39 is 0 Å². The first kappa shape index (κ1) is 17.7. The number of benzene rings is 1. The Kier molecular flexibility index (Phi) is 5.57. The molecule has 3 heteroatoms. The first-order valence-electron chi connectivity index (χ1n) is 7.67. The van der Waals surface area contributed by atoms with Gasteiger partial charge in [-0.25, -0.2) is 0 Å². The van der Waals surface area contributed by atoms with Crippen LogP contribution in [0.4, 0.5) is 5.69 Å². The largest absolute Gasteiger partial charge is 0.330 e. The molecule has 0 aromatic heterocycles. The maximum atomic E-state index is 12.1. The van der Waals surface area contributed by atoms with Crippen molar-refractivity contribution in [1.82, 2.24) is 0 Å². The summed E-state index contributed by atoms with van der Waals surface area (Å²) in [6.45, 7) is 13.4. The lowest BCUT2D eigenvalue weighted by Gasteiger charge is -2.26. The van der Waals surface area contributed by atoms with Crippen molar-refractivity contribution in [3.8, 4) is 0 Å². The van der Waals surface area contributed by atoms with Crippen LogP contribution in [-0.4, -0.2) is 12.5 Å². The molecule has 1 atom stereocenters. The minimum atomic E-state index is -0.0384. The number of carbonyl (C=O) groups is 1. The lowest BCUT2D eigenvalue weighted by atomic mass is 9.80. The maximum Gasteiger partial charge on any atom is 0.224 e. The Labute approximate surface area is 129 Å². The standard InChI is InChI=1S/C18H30N2O/c1-13(17(2,3)4)11-16(21)20-15-9-7-14(8-10-15)18(5,6)12-19/h7-10,13H,11-12,19H2,1-6H3,(H,20,21). The van der Waals surface area contributed by atoms with Gasteiger partial charge < -0.3 is 11.1 Å². The van der Waals surface area contributed by atoms with E-state index in [9.17, 15) is 4.79 Å². The van der Waals surface area contributed by atoms with Crippen LogP contribution in [-0.2, 0) is 10.2 Å². The molecule has 118 valence electrons.